The van der Waals surface area contributed by atoms with Crippen LogP contribution in [-0.2, 0) is 0 Å². The zero-order valence-electron chi connectivity index (χ0n) is 15.4. The van der Waals surface area contributed by atoms with Crippen molar-refractivity contribution in [3.05, 3.63) is 64.7 Å². The number of phenolic OH excluding ortho intramolecular Hbond substituents is 1. The molecule has 0 fully saturated rings. The van der Waals surface area contributed by atoms with Crippen LogP contribution >= 0.6 is 0 Å². The van der Waals surface area contributed by atoms with E-state index in [2.05, 4.69) is 15.0 Å². The Hall–Kier alpha value is -4.14. The van der Waals surface area contributed by atoms with Crippen LogP contribution < -0.4 is 16.2 Å². The molecule has 0 saturated carbocycles. The average molecular weight is 391 g/mol. The van der Waals surface area contributed by atoms with Gasteiger partial charge in [-0.2, -0.15) is 0 Å². The summed E-state index contributed by atoms with van der Waals surface area (Å²) in [5.74, 6) is 0.0293. The molecule has 146 valence electrons. The first kappa shape index (κ1) is 18.2. The second kappa shape index (κ2) is 7.12. The van der Waals surface area contributed by atoms with Gasteiger partial charge in [-0.15, -0.1) is 0 Å². The highest BCUT2D eigenvalue weighted by atomic mass is 16.5. The van der Waals surface area contributed by atoms with Crippen molar-refractivity contribution in [1.29, 1.82) is 0 Å². The van der Waals surface area contributed by atoms with E-state index in [1.807, 2.05) is 6.92 Å². The summed E-state index contributed by atoms with van der Waals surface area (Å²) < 4.78 is 6.75. The van der Waals surface area contributed by atoms with Crippen LogP contribution in [0, 0.1) is 0 Å². The van der Waals surface area contributed by atoms with E-state index < -0.39 is 11.6 Å². The first-order valence-corrected chi connectivity index (χ1v) is 8.83. The predicted molar refractivity (Wildman–Crippen MR) is 106 cm³/mol. The average Bonchev–Trinajstić information content (AvgIpc) is 3.03. The Balaban J connectivity index is 1.97. The Kier molecular flexibility index (Phi) is 4.47. The molecule has 0 atom stereocenters. The Morgan fingerprint density at radius 3 is 2.62 bits per heavy atom. The van der Waals surface area contributed by atoms with Gasteiger partial charge in [0.15, 0.2) is 17.2 Å². The summed E-state index contributed by atoms with van der Waals surface area (Å²) in [6.07, 6.45) is 0. The van der Waals surface area contributed by atoms with Gasteiger partial charge in [0.05, 0.1) is 12.3 Å². The number of aromatic amines is 1. The summed E-state index contributed by atoms with van der Waals surface area (Å²) in [6, 6.07) is 13.1. The number of nitrogens with two attached hydrogens (primary N) is 1. The molecule has 0 saturated heterocycles. The van der Waals surface area contributed by atoms with Gasteiger partial charge in [-0.25, -0.2) is 19.3 Å². The van der Waals surface area contributed by atoms with E-state index in [-0.39, 0.29) is 28.4 Å². The van der Waals surface area contributed by atoms with Gasteiger partial charge in [0, 0.05) is 5.56 Å². The molecule has 0 radical (unpaired) electrons. The van der Waals surface area contributed by atoms with Crippen LogP contribution in [0.4, 0.5) is 0 Å². The molecule has 0 aliphatic carbocycles. The molecule has 0 unspecified atom stereocenters. The van der Waals surface area contributed by atoms with Crippen molar-refractivity contribution in [1.82, 2.24) is 19.5 Å². The molecule has 4 aromatic rings. The van der Waals surface area contributed by atoms with Gasteiger partial charge in [0.25, 0.3) is 5.91 Å². The minimum Gasteiger partial charge on any atom is -0.508 e. The molecule has 4 rings (SSSR count). The van der Waals surface area contributed by atoms with Crippen molar-refractivity contribution >= 4 is 17.1 Å². The second-order valence-electron chi connectivity index (χ2n) is 6.20. The third-order valence-electron chi connectivity index (χ3n) is 4.28. The number of carbonyl (C=O) groups is 1. The molecule has 4 N–H and O–H groups in total. The number of rotatable bonds is 5. The minimum absolute atomic E-state index is 0.0183. The Labute approximate surface area is 164 Å². The largest absolute Gasteiger partial charge is 0.508 e. The third kappa shape index (κ3) is 3.29. The highest BCUT2D eigenvalue weighted by molar-refractivity contribution is 6.02. The van der Waals surface area contributed by atoms with Crippen molar-refractivity contribution in [2.75, 3.05) is 6.61 Å². The van der Waals surface area contributed by atoms with Gasteiger partial charge < -0.3 is 20.6 Å². The number of benzene rings is 2. The molecule has 1 amide bonds. The number of nitrogens with zero attached hydrogens (tertiary/aromatic N) is 3. The van der Waals surface area contributed by atoms with Crippen molar-refractivity contribution < 1.29 is 14.6 Å². The zero-order chi connectivity index (χ0) is 20.5. The van der Waals surface area contributed by atoms with Crippen LogP contribution in [0.15, 0.2) is 53.3 Å². The molecule has 2 aromatic carbocycles. The highest BCUT2D eigenvalue weighted by Crippen LogP contribution is 2.24. The fourth-order valence-electron chi connectivity index (χ4n) is 3.03. The number of ether oxygens (including phenoxy) is 1. The van der Waals surface area contributed by atoms with Crippen molar-refractivity contribution in [2.45, 2.75) is 6.92 Å². The number of amides is 1. The molecule has 9 heteroatoms. The fourth-order valence-corrected chi connectivity index (χ4v) is 3.03. The number of nitrogens with one attached hydrogen (secondary N) is 1. The van der Waals surface area contributed by atoms with Crippen molar-refractivity contribution in [2.24, 2.45) is 5.73 Å². The molecule has 0 bridgehead atoms. The van der Waals surface area contributed by atoms with Crippen LogP contribution in [0.5, 0.6) is 11.5 Å². The summed E-state index contributed by atoms with van der Waals surface area (Å²) in [7, 11) is 0. The number of imidazole rings is 1. The number of H-pyrrole nitrogens is 1. The minimum atomic E-state index is -0.807. The number of fused-ring (bicyclic) bond motifs is 1. The van der Waals surface area contributed by atoms with Gasteiger partial charge >= 0.3 is 5.69 Å². The summed E-state index contributed by atoms with van der Waals surface area (Å²) in [5.41, 5.74) is 6.21. The Morgan fingerprint density at radius 2 is 1.97 bits per heavy atom. The number of phenols is 1. The summed E-state index contributed by atoms with van der Waals surface area (Å²) in [5, 5.41) is 9.75. The van der Waals surface area contributed by atoms with E-state index in [0.29, 0.717) is 23.6 Å². The van der Waals surface area contributed by atoms with E-state index in [4.69, 9.17) is 10.5 Å². The molecule has 0 aliphatic heterocycles. The maximum atomic E-state index is 12.6. The summed E-state index contributed by atoms with van der Waals surface area (Å²) in [4.78, 5) is 35.9. The fraction of sp³-hybridized carbons (Fsp3) is 0.100. The summed E-state index contributed by atoms with van der Waals surface area (Å²) in [6.45, 7) is 2.40. The first-order chi connectivity index (χ1) is 14.0. The van der Waals surface area contributed by atoms with Crippen LogP contribution in [0.3, 0.4) is 0 Å². The van der Waals surface area contributed by atoms with E-state index in [1.165, 1.54) is 16.7 Å². The van der Waals surface area contributed by atoms with E-state index >= 15 is 0 Å². The Morgan fingerprint density at radius 1 is 1.21 bits per heavy atom. The highest BCUT2D eigenvalue weighted by Gasteiger charge is 2.20. The number of primary amides is 1. The Bertz CT molecular complexity index is 1270. The molecule has 0 spiro atoms. The lowest BCUT2D eigenvalue weighted by Gasteiger charge is -2.08. The van der Waals surface area contributed by atoms with Gasteiger partial charge in [-0.1, -0.05) is 12.1 Å². The van der Waals surface area contributed by atoms with Gasteiger partial charge in [0.2, 0.25) is 0 Å². The van der Waals surface area contributed by atoms with Crippen LogP contribution in [0.2, 0.25) is 0 Å². The molecule has 29 heavy (non-hydrogen) atoms. The summed E-state index contributed by atoms with van der Waals surface area (Å²) >= 11 is 0. The van der Waals surface area contributed by atoms with E-state index in [9.17, 15) is 14.7 Å². The number of hydrogen-bond donors (Lipinski definition) is 3. The second-order valence-corrected chi connectivity index (χ2v) is 6.20. The normalized spacial score (nSPS) is 10.9. The standard InChI is InChI=1S/C20H17N5O4/c1-2-29-14-8-6-12(7-9-14)25-19-16(23-20(25)28)15(17(21)27)22-18(24-19)11-4-3-5-13(26)10-11/h3-10,26H,2H2,1H3,(H2,21,27)(H,23,28). The van der Waals surface area contributed by atoms with Crippen molar-refractivity contribution in [3.63, 3.8) is 0 Å². The van der Waals surface area contributed by atoms with Gasteiger partial charge in [-0.05, 0) is 43.3 Å². The number of hydrogen-bond acceptors (Lipinski definition) is 6. The molecule has 9 nitrogen and oxygen atoms in total. The first-order valence-electron chi connectivity index (χ1n) is 8.83. The molecule has 0 aliphatic rings. The van der Waals surface area contributed by atoms with Crippen molar-refractivity contribution in [3.8, 4) is 28.6 Å². The van der Waals surface area contributed by atoms with E-state index in [1.54, 1.807) is 36.4 Å². The number of carbonyl (C=O) groups excluding carboxylic acids is 1. The maximum Gasteiger partial charge on any atom is 0.332 e. The molecular formula is C20H17N5O4. The molecule has 2 heterocycles. The van der Waals surface area contributed by atoms with Gasteiger partial charge in [-0.3, -0.25) is 4.79 Å². The van der Waals surface area contributed by atoms with Crippen LogP contribution in [0.1, 0.15) is 17.4 Å². The lowest BCUT2D eigenvalue weighted by Crippen LogP contribution is -2.15. The lowest BCUT2D eigenvalue weighted by molar-refractivity contribution is 0.0997. The lowest BCUT2D eigenvalue weighted by atomic mass is 10.2. The SMILES string of the molecule is CCOc1ccc(-n2c(=O)[nH]c3c(C(N)=O)nc(-c4cccc(O)c4)nc32)cc1. The third-order valence-corrected chi connectivity index (χ3v) is 4.28. The zero-order valence-corrected chi connectivity index (χ0v) is 15.4. The monoisotopic (exact) mass is 391 g/mol. The topological polar surface area (TPSA) is 136 Å². The van der Waals surface area contributed by atoms with Crippen LogP contribution in [0.25, 0.3) is 28.2 Å². The van der Waals surface area contributed by atoms with E-state index in [0.717, 1.165) is 0 Å². The maximum absolute atomic E-state index is 12.6. The van der Waals surface area contributed by atoms with Gasteiger partial charge in [0.1, 0.15) is 17.0 Å². The predicted octanol–water partition coefficient (Wildman–Crippen LogP) is 1.98. The quantitative estimate of drug-likeness (QED) is 0.476. The van der Waals surface area contributed by atoms with Crippen LogP contribution in [-0.4, -0.2) is 37.1 Å². The molecule has 2 aromatic heterocycles. The smallest absolute Gasteiger partial charge is 0.332 e. The molecular weight excluding hydrogens is 374 g/mol. The number of aromatic nitrogens is 4. The number of aromatic hydroxyl groups is 1.